The van der Waals surface area contributed by atoms with Crippen molar-refractivity contribution >= 4 is 23.5 Å². The number of fused-ring (bicyclic) bond motifs is 3. The van der Waals surface area contributed by atoms with Crippen molar-refractivity contribution in [2.75, 3.05) is 31.1 Å². The second-order valence-corrected chi connectivity index (χ2v) is 11.8. The van der Waals surface area contributed by atoms with Crippen LogP contribution in [-0.2, 0) is 17.9 Å². The maximum Gasteiger partial charge on any atom is 0.251 e. The van der Waals surface area contributed by atoms with Gasteiger partial charge in [0.2, 0.25) is 11.9 Å². The van der Waals surface area contributed by atoms with Crippen LogP contribution < -0.4 is 4.90 Å². The summed E-state index contributed by atoms with van der Waals surface area (Å²) in [6, 6.07) is 5.76. The van der Waals surface area contributed by atoms with Crippen molar-refractivity contribution in [1.29, 1.82) is 0 Å². The van der Waals surface area contributed by atoms with Gasteiger partial charge in [-0.15, -0.1) is 10.2 Å². The normalized spacial score (nSPS) is 26.1. The molecule has 3 aliphatic heterocycles. The maximum absolute atomic E-state index is 13.8. The average Bonchev–Trinajstić information content (AvgIpc) is 3.48. The average molecular weight is 489 g/mol. The van der Waals surface area contributed by atoms with Crippen molar-refractivity contribution in [3.05, 3.63) is 34.6 Å². The number of aromatic nitrogens is 3. The monoisotopic (exact) mass is 488 g/mol. The molecular weight excluding hydrogens is 462 g/mol. The SMILES string of the molecule is CC1(N2Cc3cc(Cl)ccc3-n3c(nnc3N3CC4(CN(C(=O)C5CC5)C4)C3)C2)CC(F)(F)C1. The van der Waals surface area contributed by atoms with Crippen LogP contribution >= 0.6 is 11.6 Å². The largest absolute Gasteiger partial charge is 0.341 e. The van der Waals surface area contributed by atoms with Crippen LogP contribution in [0.25, 0.3) is 5.69 Å². The van der Waals surface area contributed by atoms with Gasteiger partial charge >= 0.3 is 0 Å². The zero-order chi connectivity index (χ0) is 23.5. The van der Waals surface area contributed by atoms with Crippen LogP contribution in [0.4, 0.5) is 14.7 Å². The number of anilines is 1. The van der Waals surface area contributed by atoms with Gasteiger partial charge < -0.3 is 9.80 Å². The fourth-order valence-corrected chi connectivity index (χ4v) is 6.67. The zero-order valence-corrected chi connectivity index (χ0v) is 19.9. The Morgan fingerprint density at radius 2 is 1.82 bits per heavy atom. The molecule has 2 aliphatic carbocycles. The van der Waals surface area contributed by atoms with Crippen LogP contribution in [0, 0.1) is 11.3 Å². The molecule has 0 atom stereocenters. The number of halogens is 3. The molecule has 0 bridgehead atoms. The first kappa shape index (κ1) is 21.1. The van der Waals surface area contributed by atoms with Crippen LogP contribution in [0.3, 0.4) is 0 Å². The summed E-state index contributed by atoms with van der Waals surface area (Å²) in [5.41, 5.74) is 1.51. The summed E-state index contributed by atoms with van der Waals surface area (Å²) >= 11 is 6.33. The highest BCUT2D eigenvalue weighted by molar-refractivity contribution is 6.30. The van der Waals surface area contributed by atoms with E-state index >= 15 is 0 Å². The Labute approximate surface area is 201 Å². The number of hydrogen-bond acceptors (Lipinski definition) is 5. The van der Waals surface area contributed by atoms with Gasteiger partial charge in [-0.25, -0.2) is 8.78 Å². The number of hydrogen-bond donors (Lipinski definition) is 0. The molecule has 34 heavy (non-hydrogen) atoms. The van der Waals surface area contributed by atoms with Crippen molar-refractivity contribution in [1.82, 2.24) is 24.6 Å². The van der Waals surface area contributed by atoms with Crippen molar-refractivity contribution < 1.29 is 13.6 Å². The Hall–Kier alpha value is -2.26. The predicted molar refractivity (Wildman–Crippen MR) is 122 cm³/mol. The standard InChI is InChI=1S/C24H27ClF2N6O/c1-22(9-24(26,27)10-22)32-7-16-6-17(25)4-5-18(16)33-19(8-32)28-29-21(33)31-13-23(14-31)11-30(12-23)20(34)15-2-3-15/h4-6,15H,2-3,7-14H2,1H3. The minimum Gasteiger partial charge on any atom is -0.341 e. The van der Waals surface area contributed by atoms with Gasteiger partial charge in [-0.05, 0) is 43.5 Å². The lowest BCUT2D eigenvalue weighted by molar-refractivity contribution is -0.173. The number of carbonyl (C=O) groups excluding carboxylic acids is 1. The molecule has 7 nitrogen and oxygen atoms in total. The quantitative estimate of drug-likeness (QED) is 0.662. The molecule has 1 spiro atoms. The van der Waals surface area contributed by atoms with Gasteiger partial charge in [0.1, 0.15) is 0 Å². The lowest BCUT2D eigenvalue weighted by Gasteiger charge is -2.60. The van der Waals surface area contributed by atoms with Crippen LogP contribution in [0.1, 0.15) is 44.0 Å². The first-order chi connectivity index (χ1) is 16.1. The van der Waals surface area contributed by atoms with Gasteiger partial charge in [-0.1, -0.05) is 11.6 Å². The van der Waals surface area contributed by atoms with E-state index in [9.17, 15) is 13.6 Å². The van der Waals surface area contributed by atoms with Gasteiger partial charge in [-0.3, -0.25) is 14.3 Å². The number of nitrogens with zero attached hydrogens (tertiary/aromatic N) is 6. The number of rotatable bonds is 3. The summed E-state index contributed by atoms with van der Waals surface area (Å²) in [5, 5.41) is 9.67. The fraction of sp³-hybridized carbons (Fsp3) is 0.625. The summed E-state index contributed by atoms with van der Waals surface area (Å²) in [6.45, 7) is 6.24. The first-order valence-corrected chi connectivity index (χ1v) is 12.4. The third kappa shape index (κ3) is 3.12. The Balaban J connectivity index is 1.16. The number of amides is 1. The van der Waals surface area contributed by atoms with E-state index < -0.39 is 11.5 Å². The molecule has 4 fully saturated rings. The molecule has 7 rings (SSSR count). The van der Waals surface area contributed by atoms with Gasteiger partial charge in [0.25, 0.3) is 5.92 Å². The predicted octanol–water partition coefficient (Wildman–Crippen LogP) is 3.48. The van der Waals surface area contributed by atoms with E-state index in [1.165, 1.54) is 0 Å². The molecule has 10 heteroatoms. The van der Waals surface area contributed by atoms with E-state index in [-0.39, 0.29) is 24.2 Å². The van der Waals surface area contributed by atoms with Gasteiger partial charge in [0, 0.05) is 67.5 Å². The molecule has 4 heterocycles. The van der Waals surface area contributed by atoms with E-state index in [2.05, 4.69) is 24.6 Å². The van der Waals surface area contributed by atoms with Gasteiger partial charge in [0.05, 0.1) is 12.2 Å². The summed E-state index contributed by atoms with van der Waals surface area (Å²) in [6.07, 6.45) is 1.78. The van der Waals surface area contributed by atoms with E-state index in [1.54, 1.807) is 0 Å². The van der Waals surface area contributed by atoms with E-state index in [0.29, 0.717) is 24.0 Å². The topological polar surface area (TPSA) is 57.5 Å². The first-order valence-electron chi connectivity index (χ1n) is 12.0. The van der Waals surface area contributed by atoms with Gasteiger partial charge in [0.15, 0.2) is 5.82 Å². The number of likely N-dealkylation sites (tertiary alicyclic amines) is 1. The minimum absolute atomic E-state index is 0.151. The number of alkyl halides is 2. The van der Waals surface area contributed by atoms with Crippen LogP contribution in [-0.4, -0.2) is 68.1 Å². The summed E-state index contributed by atoms with van der Waals surface area (Å²) < 4.78 is 29.7. The molecule has 0 unspecified atom stereocenters. The Morgan fingerprint density at radius 1 is 1.09 bits per heavy atom. The molecule has 2 aromatic rings. The molecule has 1 amide bonds. The lowest BCUT2D eigenvalue weighted by atomic mass is 9.73. The highest BCUT2D eigenvalue weighted by Crippen LogP contribution is 2.51. The Kier molecular flexibility index (Phi) is 4.14. The number of carbonyl (C=O) groups is 1. The second kappa shape index (κ2) is 6.69. The van der Waals surface area contributed by atoms with E-state index in [1.807, 2.05) is 30.0 Å². The van der Waals surface area contributed by atoms with Crippen LogP contribution in [0.5, 0.6) is 0 Å². The van der Waals surface area contributed by atoms with E-state index in [0.717, 1.165) is 62.0 Å². The highest BCUT2D eigenvalue weighted by Gasteiger charge is 2.58. The molecule has 0 N–H and O–H groups in total. The van der Waals surface area contributed by atoms with Crippen molar-refractivity contribution in [2.45, 2.75) is 57.2 Å². The molecule has 2 saturated heterocycles. The summed E-state index contributed by atoms with van der Waals surface area (Å²) in [4.78, 5) is 18.7. The Bertz CT molecular complexity index is 1190. The van der Waals surface area contributed by atoms with Crippen molar-refractivity contribution in [3.8, 4) is 5.69 Å². The third-order valence-corrected chi connectivity index (χ3v) is 8.59. The van der Waals surface area contributed by atoms with Crippen molar-refractivity contribution in [3.63, 3.8) is 0 Å². The molecule has 0 radical (unpaired) electrons. The molecule has 2 saturated carbocycles. The summed E-state index contributed by atoms with van der Waals surface area (Å²) in [7, 11) is 0. The van der Waals surface area contributed by atoms with Crippen molar-refractivity contribution in [2.24, 2.45) is 11.3 Å². The smallest absolute Gasteiger partial charge is 0.251 e. The maximum atomic E-state index is 13.8. The molecule has 5 aliphatic rings. The molecule has 1 aromatic carbocycles. The zero-order valence-electron chi connectivity index (χ0n) is 19.1. The van der Waals surface area contributed by atoms with E-state index in [4.69, 9.17) is 11.6 Å². The molecule has 1 aromatic heterocycles. The third-order valence-electron chi connectivity index (χ3n) is 8.36. The second-order valence-electron chi connectivity index (χ2n) is 11.4. The Morgan fingerprint density at radius 3 is 2.50 bits per heavy atom. The molecule has 180 valence electrons. The number of benzene rings is 1. The van der Waals surface area contributed by atoms with Crippen LogP contribution in [0.15, 0.2) is 18.2 Å². The summed E-state index contributed by atoms with van der Waals surface area (Å²) in [5.74, 6) is -0.485. The fourth-order valence-electron chi connectivity index (χ4n) is 6.47. The lowest BCUT2D eigenvalue weighted by Crippen LogP contribution is -2.73. The van der Waals surface area contributed by atoms with Gasteiger partial charge in [-0.2, -0.15) is 0 Å². The minimum atomic E-state index is -2.61. The highest BCUT2D eigenvalue weighted by atomic mass is 35.5. The van der Waals surface area contributed by atoms with Crippen LogP contribution in [0.2, 0.25) is 5.02 Å². The molecular formula is C24H27ClF2N6O.